The van der Waals surface area contributed by atoms with Crippen LogP contribution < -0.4 is 0 Å². The maximum Gasteiger partial charge on any atom is 0.174 e. The van der Waals surface area contributed by atoms with Crippen LogP contribution >= 0.6 is 12.2 Å². The van der Waals surface area contributed by atoms with Crippen molar-refractivity contribution in [3.63, 3.8) is 0 Å². The molecule has 0 unspecified atom stereocenters. The molecule has 3 nitrogen and oxygen atoms in total. The van der Waals surface area contributed by atoms with E-state index in [0.29, 0.717) is 4.77 Å². The van der Waals surface area contributed by atoms with E-state index in [1.54, 1.807) is 0 Å². The molecule has 3 aromatic rings. The van der Waals surface area contributed by atoms with Gasteiger partial charge in [0.2, 0.25) is 0 Å². The Balaban J connectivity index is 2.32. The molecule has 4 heteroatoms. The molecule has 1 aromatic carbocycles. The Kier molecular flexibility index (Phi) is 1.76. The molecule has 0 saturated carbocycles. The van der Waals surface area contributed by atoms with Crippen LogP contribution in [0.3, 0.4) is 0 Å². The first-order valence-corrected chi connectivity index (χ1v) is 5.09. The number of benzene rings is 1. The second-order valence-electron chi connectivity index (χ2n) is 3.40. The quantitative estimate of drug-likeness (QED) is 0.536. The number of nitrogens with one attached hydrogen (secondary N) is 3. The van der Waals surface area contributed by atoms with Crippen LogP contribution in [0.25, 0.3) is 22.2 Å². The summed E-state index contributed by atoms with van der Waals surface area (Å²) in [4.78, 5) is 9.30. The van der Waals surface area contributed by atoms with Crippen LogP contribution in [-0.2, 0) is 0 Å². The van der Waals surface area contributed by atoms with E-state index < -0.39 is 0 Å². The molecule has 2 heterocycles. The summed E-state index contributed by atoms with van der Waals surface area (Å²) in [6, 6.07) is 8.19. The van der Waals surface area contributed by atoms with Gasteiger partial charge in [0.05, 0.1) is 5.69 Å². The van der Waals surface area contributed by atoms with E-state index in [-0.39, 0.29) is 0 Å². The summed E-state index contributed by atoms with van der Waals surface area (Å²) in [6.45, 7) is 0. The molecular weight excluding hydrogens is 206 g/mol. The van der Waals surface area contributed by atoms with E-state index in [1.807, 2.05) is 24.5 Å². The van der Waals surface area contributed by atoms with Crippen molar-refractivity contribution in [2.75, 3.05) is 0 Å². The van der Waals surface area contributed by atoms with Crippen molar-refractivity contribution in [1.29, 1.82) is 0 Å². The summed E-state index contributed by atoms with van der Waals surface area (Å²) < 4.78 is 0.648. The topological polar surface area (TPSA) is 47.4 Å². The van der Waals surface area contributed by atoms with Gasteiger partial charge < -0.3 is 15.0 Å². The summed E-state index contributed by atoms with van der Waals surface area (Å²) >= 11 is 5.01. The van der Waals surface area contributed by atoms with Crippen LogP contribution in [0.1, 0.15) is 0 Å². The fourth-order valence-electron chi connectivity index (χ4n) is 1.77. The molecule has 3 rings (SSSR count). The number of aromatic amines is 3. The summed E-state index contributed by atoms with van der Waals surface area (Å²) in [7, 11) is 0. The molecule has 0 fully saturated rings. The number of H-pyrrole nitrogens is 3. The van der Waals surface area contributed by atoms with E-state index >= 15 is 0 Å². The second-order valence-corrected chi connectivity index (χ2v) is 3.81. The van der Waals surface area contributed by atoms with Gasteiger partial charge in [-0.3, -0.25) is 0 Å². The highest BCUT2D eigenvalue weighted by Gasteiger charge is 2.05. The van der Waals surface area contributed by atoms with Crippen molar-refractivity contribution in [3.8, 4) is 11.3 Å². The van der Waals surface area contributed by atoms with Crippen LogP contribution in [0.4, 0.5) is 0 Å². The molecule has 0 atom stereocenters. The average molecular weight is 215 g/mol. The predicted octanol–water partition coefficient (Wildman–Crippen LogP) is 3.22. The van der Waals surface area contributed by atoms with Gasteiger partial charge in [0, 0.05) is 28.9 Å². The van der Waals surface area contributed by atoms with Crippen molar-refractivity contribution in [1.82, 2.24) is 15.0 Å². The first-order chi connectivity index (χ1) is 7.34. The molecule has 0 saturated heterocycles. The lowest BCUT2D eigenvalue weighted by atomic mass is 10.1. The Morgan fingerprint density at radius 3 is 2.67 bits per heavy atom. The summed E-state index contributed by atoms with van der Waals surface area (Å²) in [6.07, 6.45) is 3.87. The number of hydrogen-bond donors (Lipinski definition) is 3. The minimum atomic E-state index is 0.648. The molecule has 0 radical (unpaired) electrons. The van der Waals surface area contributed by atoms with Crippen molar-refractivity contribution in [2.24, 2.45) is 0 Å². The van der Waals surface area contributed by atoms with Crippen LogP contribution in [-0.4, -0.2) is 15.0 Å². The maximum atomic E-state index is 5.01. The highest BCUT2D eigenvalue weighted by Crippen LogP contribution is 2.26. The standard InChI is InChI=1S/C11H9N3S/c15-11-13-6-10(14-11)8-5-12-9-4-2-1-3-7(8)9/h1-6,12H,(H2,13,14,15). The zero-order chi connectivity index (χ0) is 10.3. The molecule has 0 amide bonds. The minimum absolute atomic E-state index is 0.648. The largest absolute Gasteiger partial charge is 0.360 e. The Bertz CT molecular complexity index is 659. The zero-order valence-corrected chi connectivity index (χ0v) is 8.69. The fourth-order valence-corrected chi connectivity index (χ4v) is 1.94. The van der Waals surface area contributed by atoms with Crippen molar-refractivity contribution < 1.29 is 0 Å². The molecule has 0 aliphatic carbocycles. The molecule has 2 aromatic heterocycles. The molecular formula is C11H9N3S. The molecule has 74 valence electrons. The normalized spacial score (nSPS) is 10.9. The number of imidazole rings is 1. The van der Waals surface area contributed by atoms with E-state index in [9.17, 15) is 0 Å². The van der Waals surface area contributed by atoms with E-state index in [4.69, 9.17) is 12.2 Å². The van der Waals surface area contributed by atoms with Gasteiger partial charge in [-0.05, 0) is 18.3 Å². The lowest BCUT2D eigenvalue weighted by Crippen LogP contribution is -1.73. The van der Waals surface area contributed by atoms with Crippen LogP contribution in [0, 0.1) is 4.77 Å². The molecule has 0 aliphatic rings. The Labute approximate surface area is 91.2 Å². The lowest BCUT2D eigenvalue weighted by molar-refractivity contribution is 1.27. The minimum Gasteiger partial charge on any atom is -0.360 e. The Hall–Kier alpha value is -1.81. The van der Waals surface area contributed by atoms with Gasteiger partial charge in [-0.15, -0.1) is 0 Å². The first-order valence-electron chi connectivity index (χ1n) is 4.69. The van der Waals surface area contributed by atoms with Gasteiger partial charge in [-0.2, -0.15) is 0 Å². The van der Waals surface area contributed by atoms with Gasteiger partial charge in [-0.1, -0.05) is 18.2 Å². The molecule has 0 spiro atoms. The number of para-hydroxylation sites is 1. The van der Waals surface area contributed by atoms with Crippen LogP contribution in [0.15, 0.2) is 36.7 Å². The molecule has 3 N–H and O–H groups in total. The highest BCUT2D eigenvalue weighted by molar-refractivity contribution is 7.71. The van der Waals surface area contributed by atoms with Gasteiger partial charge in [-0.25, -0.2) is 0 Å². The van der Waals surface area contributed by atoms with E-state index in [1.165, 1.54) is 5.39 Å². The fraction of sp³-hybridized carbons (Fsp3) is 0. The lowest BCUT2D eigenvalue weighted by Gasteiger charge is -1.93. The molecule has 15 heavy (non-hydrogen) atoms. The Morgan fingerprint density at radius 2 is 1.87 bits per heavy atom. The predicted molar refractivity (Wildman–Crippen MR) is 63.3 cm³/mol. The third-order valence-corrected chi connectivity index (χ3v) is 2.70. The SMILES string of the molecule is S=c1[nH]cc(-c2c[nH]c3ccccc23)[nH]1. The van der Waals surface area contributed by atoms with Crippen LogP contribution in [0.2, 0.25) is 0 Å². The number of aromatic nitrogens is 3. The third kappa shape index (κ3) is 1.30. The maximum absolute atomic E-state index is 5.01. The third-order valence-electron chi connectivity index (χ3n) is 2.48. The van der Waals surface area contributed by atoms with Gasteiger partial charge in [0.1, 0.15) is 0 Å². The van der Waals surface area contributed by atoms with Crippen molar-refractivity contribution >= 4 is 23.1 Å². The van der Waals surface area contributed by atoms with Gasteiger partial charge >= 0.3 is 0 Å². The van der Waals surface area contributed by atoms with E-state index in [0.717, 1.165) is 16.8 Å². The van der Waals surface area contributed by atoms with Crippen molar-refractivity contribution in [2.45, 2.75) is 0 Å². The van der Waals surface area contributed by atoms with Crippen LogP contribution in [0.5, 0.6) is 0 Å². The summed E-state index contributed by atoms with van der Waals surface area (Å²) in [5.74, 6) is 0. The number of rotatable bonds is 1. The average Bonchev–Trinajstić information content (AvgIpc) is 2.83. The van der Waals surface area contributed by atoms with Gasteiger partial charge in [0.25, 0.3) is 0 Å². The molecule has 0 bridgehead atoms. The first kappa shape index (κ1) is 8.49. The number of hydrogen-bond acceptors (Lipinski definition) is 1. The van der Waals surface area contributed by atoms with E-state index in [2.05, 4.69) is 27.1 Å². The number of fused-ring (bicyclic) bond motifs is 1. The smallest absolute Gasteiger partial charge is 0.174 e. The molecule has 0 aliphatic heterocycles. The summed E-state index contributed by atoms with van der Waals surface area (Å²) in [5, 5.41) is 1.20. The monoisotopic (exact) mass is 215 g/mol. The summed E-state index contributed by atoms with van der Waals surface area (Å²) in [5.41, 5.74) is 3.28. The highest BCUT2D eigenvalue weighted by atomic mass is 32.1. The second kappa shape index (κ2) is 3.10. The Morgan fingerprint density at radius 1 is 1.00 bits per heavy atom. The zero-order valence-electron chi connectivity index (χ0n) is 7.87. The van der Waals surface area contributed by atoms with Gasteiger partial charge in [0.15, 0.2) is 4.77 Å². The van der Waals surface area contributed by atoms with Crippen molar-refractivity contribution in [3.05, 3.63) is 41.4 Å².